The number of ether oxygens (including phenoxy) is 1. The van der Waals surface area contributed by atoms with E-state index in [1.807, 2.05) is 6.92 Å². The van der Waals surface area contributed by atoms with Crippen LogP contribution in [0.25, 0.3) is 0 Å². The van der Waals surface area contributed by atoms with E-state index in [1.54, 1.807) is 7.11 Å². The predicted molar refractivity (Wildman–Crippen MR) is 54.9 cm³/mol. The molecule has 0 bridgehead atoms. The average molecular weight is 200 g/mol. The van der Waals surface area contributed by atoms with Gasteiger partial charge in [-0.2, -0.15) is 0 Å². The lowest BCUT2D eigenvalue weighted by molar-refractivity contribution is -0.126. The third-order valence-electron chi connectivity index (χ3n) is 2.90. The Labute approximate surface area is 85.2 Å². The van der Waals surface area contributed by atoms with Gasteiger partial charge in [-0.3, -0.25) is 4.79 Å². The quantitative estimate of drug-likeness (QED) is 0.691. The molecule has 0 aliphatic heterocycles. The van der Waals surface area contributed by atoms with Crippen LogP contribution in [0.2, 0.25) is 0 Å². The molecule has 1 unspecified atom stereocenters. The Morgan fingerprint density at radius 3 is 2.64 bits per heavy atom. The van der Waals surface area contributed by atoms with Crippen LogP contribution in [0.5, 0.6) is 0 Å². The normalized spacial score (nSPS) is 21.9. The minimum Gasteiger partial charge on any atom is -0.380 e. The second-order valence-electron chi connectivity index (χ2n) is 4.12. The van der Waals surface area contributed by atoms with Crippen LogP contribution in [-0.4, -0.2) is 31.2 Å². The highest BCUT2D eigenvalue weighted by Crippen LogP contribution is 2.27. The van der Waals surface area contributed by atoms with Crippen LogP contribution in [-0.2, 0) is 9.53 Å². The van der Waals surface area contributed by atoms with Crippen LogP contribution in [0.3, 0.4) is 0 Å². The fourth-order valence-corrected chi connectivity index (χ4v) is 1.73. The summed E-state index contributed by atoms with van der Waals surface area (Å²) in [6.07, 6.45) is 3.78. The summed E-state index contributed by atoms with van der Waals surface area (Å²) in [6.45, 7) is 2.45. The zero-order valence-corrected chi connectivity index (χ0v) is 9.01. The first-order valence-corrected chi connectivity index (χ1v) is 5.18. The molecule has 4 nitrogen and oxygen atoms in total. The van der Waals surface area contributed by atoms with Gasteiger partial charge < -0.3 is 15.8 Å². The van der Waals surface area contributed by atoms with Crippen LogP contribution in [0.15, 0.2) is 0 Å². The molecule has 1 aliphatic rings. The second-order valence-corrected chi connectivity index (χ2v) is 4.12. The van der Waals surface area contributed by atoms with Crippen molar-refractivity contribution in [2.75, 3.05) is 13.7 Å². The van der Waals surface area contributed by atoms with Gasteiger partial charge in [0, 0.05) is 13.7 Å². The Kier molecular flexibility index (Phi) is 3.89. The van der Waals surface area contributed by atoms with Gasteiger partial charge in [-0.15, -0.1) is 0 Å². The molecule has 1 aliphatic carbocycles. The highest BCUT2D eigenvalue weighted by Gasteiger charge is 2.36. The van der Waals surface area contributed by atoms with Gasteiger partial charge in [-0.1, -0.05) is 12.8 Å². The van der Waals surface area contributed by atoms with Crippen molar-refractivity contribution in [2.45, 2.75) is 44.2 Å². The number of nitrogens with one attached hydrogen (secondary N) is 1. The molecule has 1 fully saturated rings. The van der Waals surface area contributed by atoms with Gasteiger partial charge in [0.05, 0.1) is 11.6 Å². The Bertz CT molecular complexity index is 200. The summed E-state index contributed by atoms with van der Waals surface area (Å²) < 4.78 is 5.04. The number of hydrogen-bond acceptors (Lipinski definition) is 3. The van der Waals surface area contributed by atoms with E-state index in [0.29, 0.717) is 6.54 Å². The van der Waals surface area contributed by atoms with Gasteiger partial charge in [0.25, 0.3) is 0 Å². The third-order valence-corrected chi connectivity index (χ3v) is 2.90. The van der Waals surface area contributed by atoms with E-state index >= 15 is 0 Å². The Morgan fingerprint density at radius 1 is 1.57 bits per heavy atom. The molecule has 0 radical (unpaired) electrons. The van der Waals surface area contributed by atoms with E-state index in [9.17, 15) is 4.79 Å². The largest absolute Gasteiger partial charge is 0.380 e. The van der Waals surface area contributed by atoms with Crippen molar-refractivity contribution in [1.82, 2.24) is 5.32 Å². The molecular formula is C10H20N2O2. The highest BCUT2D eigenvalue weighted by atomic mass is 16.5. The van der Waals surface area contributed by atoms with Crippen LogP contribution < -0.4 is 11.1 Å². The van der Waals surface area contributed by atoms with E-state index in [1.165, 1.54) is 0 Å². The van der Waals surface area contributed by atoms with Crippen LogP contribution in [0.4, 0.5) is 0 Å². The third kappa shape index (κ3) is 2.69. The van der Waals surface area contributed by atoms with Crippen molar-refractivity contribution < 1.29 is 9.53 Å². The van der Waals surface area contributed by atoms with Crippen molar-refractivity contribution in [3.63, 3.8) is 0 Å². The molecule has 0 aromatic rings. The van der Waals surface area contributed by atoms with E-state index < -0.39 is 5.54 Å². The summed E-state index contributed by atoms with van der Waals surface area (Å²) in [4.78, 5) is 11.7. The maximum Gasteiger partial charge on any atom is 0.240 e. The summed E-state index contributed by atoms with van der Waals surface area (Å²) >= 11 is 0. The predicted octanol–water partition coefficient (Wildman–Crippen LogP) is 0.409. The van der Waals surface area contributed by atoms with Gasteiger partial charge in [0.1, 0.15) is 0 Å². The summed E-state index contributed by atoms with van der Waals surface area (Å²) in [5, 5.41) is 2.83. The number of methoxy groups -OCH3 is 1. The van der Waals surface area contributed by atoms with Gasteiger partial charge in [0.2, 0.25) is 5.91 Å². The molecule has 0 saturated heterocycles. The molecule has 1 rings (SSSR count). The SMILES string of the molecule is COC(C)CNC(=O)C1(N)CCCC1. The molecule has 14 heavy (non-hydrogen) atoms. The van der Waals surface area contributed by atoms with Crippen LogP contribution in [0.1, 0.15) is 32.6 Å². The molecule has 0 aromatic heterocycles. The number of rotatable bonds is 4. The van der Waals surface area contributed by atoms with Gasteiger partial charge in [0.15, 0.2) is 0 Å². The molecule has 82 valence electrons. The minimum atomic E-state index is -0.618. The van der Waals surface area contributed by atoms with Crippen molar-refractivity contribution >= 4 is 5.91 Å². The summed E-state index contributed by atoms with van der Waals surface area (Å²) in [5.74, 6) is -0.0288. The van der Waals surface area contributed by atoms with E-state index in [-0.39, 0.29) is 12.0 Å². The van der Waals surface area contributed by atoms with Gasteiger partial charge in [-0.25, -0.2) is 0 Å². The summed E-state index contributed by atoms with van der Waals surface area (Å²) in [7, 11) is 1.63. The van der Waals surface area contributed by atoms with Gasteiger partial charge in [-0.05, 0) is 19.8 Å². The first-order chi connectivity index (χ1) is 6.58. The van der Waals surface area contributed by atoms with Gasteiger partial charge >= 0.3 is 0 Å². The standard InChI is InChI=1S/C10H20N2O2/c1-8(14-2)7-12-9(13)10(11)5-3-4-6-10/h8H,3-7,11H2,1-2H3,(H,12,13). The first-order valence-electron chi connectivity index (χ1n) is 5.18. The van der Waals surface area contributed by atoms with Crippen LogP contribution in [0, 0.1) is 0 Å². The van der Waals surface area contributed by atoms with E-state index in [2.05, 4.69) is 5.32 Å². The van der Waals surface area contributed by atoms with E-state index in [4.69, 9.17) is 10.5 Å². The minimum absolute atomic E-state index is 0.0288. The maximum absolute atomic E-state index is 11.7. The maximum atomic E-state index is 11.7. The molecule has 1 atom stereocenters. The zero-order chi connectivity index (χ0) is 10.6. The van der Waals surface area contributed by atoms with E-state index in [0.717, 1.165) is 25.7 Å². The lowest BCUT2D eigenvalue weighted by atomic mass is 9.98. The number of carbonyl (C=O) groups excluding carboxylic acids is 1. The number of nitrogens with two attached hydrogens (primary N) is 1. The first kappa shape index (κ1) is 11.5. The molecule has 0 aromatic carbocycles. The Balaban J connectivity index is 2.34. The van der Waals surface area contributed by atoms with Crippen molar-refractivity contribution in [2.24, 2.45) is 5.73 Å². The summed E-state index contributed by atoms with van der Waals surface area (Å²) in [5.41, 5.74) is 5.36. The van der Waals surface area contributed by atoms with Crippen molar-refractivity contribution in [1.29, 1.82) is 0 Å². The molecule has 0 heterocycles. The Hall–Kier alpha value is -0.610. The molecule has 0 spiro atoms. The number of hydrogen-bond donors (Lipinski definition) is 2. The molecule has 1 saturated carbocycles. The highest BCUT2D eigenvalue weighted by molar-refractivity contribution is 5.86. The Morgan fingerprint density at radius 2 is 2.14 bits per heavy atom. The second kappa shape index (κ2) is 4.75. The summed E-state index contributed by atoms with van der Waals surface area (Å²) in [6, 6.07) is 0. The number of carbonyl (C=O) groups is 1. The zero-order valence-electron chi connectivity index (χ0n) is 9.01. The monoisotopic (exact) mass is 200 g/mol. The smallest absolute Gasteiger partial charge is 0.240 e. The van der Waals surface area contributed by atoms with Crippen molar-refractivity contribution in [3.8, 4) is 0 Å². The lowest BCUT2D eigenvalue weighted by Gasteiger charge is -2.23. The molecule has 1 amide bonds. The topological polar surface area (TPSA) is 64.3 Å². The average Bonchev–Trinajstić information content (AvgIpc) is 2.62. The number of amides is 1. The fourth-order valence-electron chi connectivity index (χ4n) is 1.73. The molecular weight excluding hydrogens is 180 g/mol. The van der Waals surface area contributed by atoms with Crippen LogP contribution >= 0.6 is 0 Å². The van der Waals surface area contributed by atoms with Crippen molar-refractivity contribution in [3.05, 3.63) is 0 Å². The molecule has 3 N–H and O–H groups in total. The lowest BCUT2D eigenvalue weighted by Crippen LogP contribution is -2.53. The molecule has 4 heteroatoms. The fraction of sp³-hybridized carbons (Fsp3) is 0.900.